The monoisotopic (exact) mass is 209 g/mol. The molecule has 13 heavy (non-hydrogen) atoms. The van der Waals surface area contributed by atoms with Crippen LogP contribution in [0.3, 0.4) is 0 Å². The number of nitrogens with zero attached hydrogens (tertiary/aromatic N) is 1. The molecule has 0 aliphatic rings. The molecular weight excluding hydrogens is 198 g/mol. The molecule has 0 unspecified atom stereocenters. The highest BCUT2D eigenvalue weighted by molar-refractivity contribution is 7.88. The first-order valence-electron chi connectivity index (χ1n) is 3.40. The summed E-state index contributed by atoms with van der Waals surface area (Å²) in [7, 11) is -3.62. The van der Waals surface area contributed by atoms with E-state index in [0.29, 0.717) is 4.31 Å². The van der Waals surface area contributed by atoms with E-state index in [1.807, 2.05) is 0 Å². The largest absolute Gasteiger partial charge is 0.480 e. The molecule has 0 aromatic rings. The van der Waals surface area contributed by atoms with Gasteiger partial charge in [0.05, 0.1) is 12.8 Å². The van der Waals surface area contributed by atoms with E-state index in [1.54, 1.807) is 0 Å². The van der Waals surface area contributed by atoms with Crippen molar-refractivity contribution in [3.63, 3.8) is 0 Å². The summed E-state index contributed by atoms with van der Waals surface area (Å²) < 4.78 is 22.4. The predicted octanol–water partition coefficient (Wildman–Crippen LogP) is -1.08. The third-order valence-corrected chi connectivity index (χ3v) is 2.38. The molecule has 76 valence electrons. The van der Waals surface area contributed by atoms with Gasteiger partial charge in [0.15, 0.2) is 0 Å². The topological polar surface area (TPSA) is 91.8 Å². The summed E-state index contributed by atoms with van der Waals surface area (Å²) >= 11 is 0. The lowest BCUT2D eigenvalue weighted by Crippen LogP contribution is -2.38. The van der Waals surface area contributed by atoms with E-state index in [0.717, 1.165) is 6.26 Å². The van der Waals surface area contributed by atoms with Gasteiger partial charge in [0.25, 0.3) is 0 Å². The van der Waals surface area contributed by atoms with Crippen LogP contribution in [0.25, 0.3) is 0 Å². The van der Waals surface area contributed by atoms with Crippen molar-refractivity contribution in [2.75, 3.05) is 19.3 Å². The molecule has 0 rings (SSSR count). The van der Waals surface area contributed by atoms with Crippen LogP contribution >= 0.6 is 0 Å². The van der Waals surface area contributed by atoms with Crippen LogP contribution < -0.4 is 0 Å². The number of hydrogen-bond acceptors (Lipinski definition) is 4. The molecule has 0 aromatic heterocycles. The summed E-state index contributed by atoms with van der Waals surface area (Å²) in [6.07, 6.45) is 0.860. The smallest absolute Gasteiger partial charge is 0.318 e. The standard InChI is InChI=1S/C6H11NO5S/c1-5(8)3-7(4-6(9)10)13(2,11)12/h3-4H2,1-2H3,(H,9,10). The normalized spacial score (nSPS) is 11.6. The molecule has 0 aliphatic carbocycles. The van der Waals surface area contributed by atoms with E-state index in [2.05, 4.69) is 0 Å². The molecule has 0 heterocycles. The van der Waals surface area contributed by atoms with Crippen LogP contribution in [0.15, 0.2) is 0 Å². The van der Waals surface area contributed by atoms with E-state index in [9.17, 15) is 18.0 Å². The summed E-state index contributed by atoms with van der Waals surface area (Å²) in [6.45, 7) is 0.115. The number of aliphatic carboxylic acids is 1. The van der Waals surface area contributed by atoms with Crippen molar-refractivity contribution in [3.05, 3.63) is 0 Å². The van der Waals surface area contributed by atoms with Crippen molar-refractivity contribution in [2.24, 2.45) is 0 Å². The Balaban J connectivity index is 4.57. The average Bonchev–Trinajstić information content (AvgIpc) is 1.81. The SMILES string of the molecule is CC(=O)CN(CC(=O)O)S(C)(=O)=O. The number of Topliss-reactive ketones (excluding diaryl/α,β-unsaturated/α-hetero) is 1. The first-order chi connectivity index (χ1) is 5.73. The molecule has 7 heteroatoms. The summed E-state index contributed by atoms with van der Waals surface area (Å²) in [6, 6.07) is 0. The molecule has 0 atom stereocenters. The Morgan fingerprint density at radius 2 is 1.77 bits per heavy atom. The van der Waals surface area contributed by atoms with Crippen molar-refractivity contribution < 1.29 is 23.1 Å². The Hall–Kier alpha value is -0.950. The number of carbonyl (C=O) groups excluding carboxylic acids is 1. The van der Waals surface area contributed by atoms with Crippen LogP contribution in [0.2, 0.25) is 0 Å². The zero-order valence-electron chi connectivity index (χ0n) is 7.35. The highest BCUT2D eigenvalue weighted by Gasteiger charge is 2.20. The van der Waals surface area contributed by atoms with Gasteiger partial charge in [-0.1, -0.05) is 0 Å². The Morgan fingerprint density at radius 3 is 2.00 bits per heavy atom. The maximum atomic E-state index is 10.9. The molecule has 0 aliphatic heterocycles. The number of sulfonamides is 1. The number of carboxylic acids is 1. The summed E-state index contributed by atoms with van der Waals surface area (Å²) in [4.78, 5) is 20.8. The molecule has 0 fully saturated rings. The van der Waals surface area contributed by atoms with Crippen LogP contribution in [0.4, 0.5) is 0 Å². The number of ketones is 1. The van der Waals surface area contributed by atoms with Gasteiger partial charge in [0.2, 0.25) is 10.0 Å². The molecule has 0 amide bonds. The van der Waals surface area contributed by atoms with Gasteiger partial charge in [-0.2, -0.15) is 4.31 Å². The Kier molecular flexibility index (Phi) is 4.02. The number of rotatable bonds is 5. The van der Waals surface area contributed by atoms with Gasteiger partial charge in [0.1, 0.15) is 12.3 Å². The predicted molar refractivity (Wildman–Crippen MR) is 44.7 cm³/mol. The Morgan fingerprint density at radius 1 is 1.31 bits per heavy atom. The maximum Gasteiger partial charge on any atom is 0.318 e. The van der Waals surface area contributed by atoms with Gasteiger partial charge in [-0.3, -0.25) is 9.59 Å². The molecular formula is C6H11NO5S. The first kappa shape index (κ1) is 12.0. The van der Waals surface area contributed by atoms with Crippen LogP contribution in [-0.2, 0) is 19.6 Å². The minimum Gasteiger partial charge on any atom is -0.480 e. The van der Waals surface area contributed by atoms with Crippen LogP contribution in [0.1, 0.15) is 6.92 Å². The van der Waals surface area contributed by atoms with Gasteiger partial charge in [0, 0.05) is 0 Å². The quantitative estimate of drug-likeness (QED) is 0.622. The lowest BCUT2D eigenvalue weighted by atomic mass is 10.4. The third kappa shape index (κ3) is 5.31. The van der Waals surface area contributed by atoms with E-state index < -0.39 is 34.9 Å². The third-order valence-electron chi connectivity index (χ3n) is 1.18. The minimum atomic E-state index is -3.62. The fourth-order valence-corrected chi connectivity index (χ4v) is 1.45. The summed E-state index contributed by atoms with van der Waals surface area (Å²) in [5.41, 5.74) is 0. The second kappa shape index (κ2) is 4.33. The Labute approximate surface area is 76.2 Å². The highest BCUT2D eigenvalue weighted by atomic mass is 32.2. The molecule has 0 saturated heterocycles. The van der Waals surface area contributed by atoms with Gasteiger partial charge >= 0.3 is 5.97 Å². The molecule has 1 N–H and O–H groups in total. The molecule has 0 radical (unpaired) electrons. The van der Waals surface area contributed by atoms with E-state index in [1.165, 1.54) is 6.92 Å². The molecule has 0 aromatic carbocycles. The number of carboxylic acid groups (broad SMARTS) is 1. The van der Waals surface area contributed by atoms with Gasteiger partial charge in [-0.05, 0) is 6.92 Å². The minimum absolute atomic E-state index is 0.397. The fourth-order valence-electron chi connectivity index (χ4n) is 0.690. The van der Waals surface area contributed by atoms with E-state index in [4.69, 9.17) is 5.11 Å². The van der Waals surface area contributed by atoms with Gasteiger partial charge in [-0.15, -0.1) is 0 Å². The van der Waals surface area contributed by atoms with Crippen molar-refractivity contribution in [3.8, 4) is 0 Å². The molecule has 0 saturated carbocycles. The average molecular weight is 209 g/mol. The lowest BCUT2D eigenvalue weighted by Gasteiger charge is -2.15. The maximum absolute atomic E-state index is 10.9. The van der Waals surface area contributed by atoms with Gasteiger partial charge in [-0.25, -0.2) is 8.42 Å². The number of carbonyl (C=O) groups is 2. The van der Waals surface area contributed by atoms with Crippen LogP contribution in [0, 0.1) is 0 Å². The lowest BCUT2D eigenvalue weighted by molar-refractivity contribution is -0.137. The highest BCUT2D eigenvalue weighted by Crippen LogP contribution is 1.97. The molecule has 6 nitrogen and oxygen atoms in total. The molecule has 0 spiro atoms. The Bertz CT molecular complexity index is 291. The second-order valence-electron chi connectivity index (χ2n) is 2.63. The fraction of sp³-hybridized carbons (Fsp3) is 0.667. The van der Waals surface area contributed by atoms with Gasteiger partial charge < -0.3 is 5.11 Å². The second-order valence-corrected chi connectivity index (χ2v) is 4.61. The zero-order valence-corrected chi connectivity index (χ0v) is 8.17. The van der Waals surface area contributed by atoms with Crippen molar-refractivity contribution >= 4 is 21.8 Å². The number of hydrogen-bond donors (Lipinski definition) is 1. The zero-order chi connectivity index (χ0) is 10.6. The van der Waals surface area contributed by atoms with Crippen molar-refractivity contribution in [2.45, 2.75) is 6.92 Å². The summed E-state index contributed by atoms with van der Waals surface area (Å²) in [5, 5.41) is 8.34. The summed E-state index contributed by atoms with van der Waals surface area (Å²) in [5.74, 6) is -1.68. The first-order valence-corrected chi connectivity index (χ1v) is 5.24. The van der Waals surface area contributed by atoms with E-state index >= 15 is 0 Å². The molecule has 0 bridgehead atoms. The van der Waals surface area contributed by atoms with Crippen molar-refractivity contribution in [1.82, 2.24) is 4.31 Å². The van der Waals surface area contributed by atoms with Crippen molar-refractivity contribution in [1.29, 1.82) is 0 Å². The van der Waals surface area contributed by atoms with Crippen LogP contribution in [0.5, 0.6) is 0 Å². The van der Waals surface area contributed by atoms with Crippen LogP contribution in [-0.4, -0.2) is 48.9 Å². The van der Waals surface area contributed by atoms with E-state index in [-0.39, 0.29) is 0 Å².